The van der Waals surface area contributed by atoms with E-state index in [0.717, 1.165) is 11.8 Å². The Morgan fingerprint density at radius 2 is 1.86 bits per heavy atom. The Morgan fingerprint density at radius 1 is 1.14 bits per heavy atom. The predicted octanol–water partition coefficient (Wildman–Crippen LogP) is 3.20. The van der Waals surface area contributed by atoms with E-state index >= 15 is 0 Å². The number of methoxy groups -OCH3 is 2. The number of esters is 1. The van der Waals surface area contributed by atoms with E-state index in [9.17, 15) is 18.0 Å². The summed E-state index contributed by atoms with van der Waals surface area (Å²) in [6, 6.07) is 9.37. The van der Waals surface area contributed by atoms with Crippen LogP contribution in [0.2, 0.25) is 0 Å². The molecule has 0 bridgehead atoms. The third kappa shape index (κ3) is 3.95. The van der Waals surface area contributed by atoms with Gasteiger partial charge in [-0.05, 0) is 29.8 Å². The summed E-state index contributed by atoms with van der Waals surface area (Å²) in [7, 11) is 2.68. The molecule has 0 N–H and O–H groups in total. The van der Waals surface area contributed by atoms with Crippen molar-refractivity contribution < 1.29 is 27.4 Å². The molecular weight excluding hydrogens is 377 g/mol. The number of halogens is 3. The fourth-order valence-electron chi connectivity index (χ4n) is 2.60. The number of hydrogen-bond donors (Lipinski definition) is 0. The minimum absolute atomic E-state index is 0.0400. The van der Waals surface area contributed by atoms with Crippen LogP contribution in [0.15, 0.2) is 42.6 Å². The molecule has 10 heteroatoms. The number of alkyl halides is 3. The summed E-state index contributed by atoms with van der Waals surface area (Å²) in [5.74, 6) is -0.139. The molecule has 0 saturated carbocycles. The van der Waals surface area contributed by atoms with Crippen molar-refractivity contribution in [3.8, 4) is 17.0 Å². The van der Waals surface area contributed by atoms with Gasteiger partial charge >= 0.3 is 12.1 Å². The topological polar surface area (TPSA) is 79.1 Å². The average Bonchev–Trinajstić information content (AvgIpc) is 3.12. The number of carbonyl (C=O) groups is 1. The van der Waals surface area contributed by atoms with Gasteiger partial charge in [-0.1, -0.05) is 17.3 Å². The van der Waals surface area contributed by atoms with E-state index in [0.29, 0.717) is 11.3 Å². The van der Waals surface area contributed by atoms with Gasteiger partial charge < -0.3 is 9.47 Å². The maximum atomic E-state index is 13.5. The number of nitrogens with zero attached hydrogens (tertiary/aromatic N) is 4. The van der Waals surface area contributed by atoms with Gasteiger partial charge in [0, 0.05) is 11.8 Å². The molecule has 28 heavy (non-hydrogen) atoms. The molecule has 7 nitrogen and oxygen atoms in total. The molecule has 0 aliphatic carbocycles. The van der Waals surface area contributed by atoms with E-state index < -0.39 is 17.8 Å². The Bertz CT molecular complexity index is 984. The molecule has 0 saturated heterocycles. The van der Waals surface area contributed by atoms with Crippen LogP contribution in [0.5, 0.6) is 5.75 Å². The van der Waals surface area contributed by atoms with Gasteiger partial charge in [-0.3, -0.25) is 0 Å². The number of hydrogen-bond acceptors (Lipinski definition) is 6. The summed E-state index contributed by atoms with van der Waals surface area (Å²) in [6.07, 6.45) is -3.49. The standard InChI is InChI=1S/C18H15F3N4O3/c1-27-13-5-3-11(4-6-13)10-25-15(16(23-24-25)18(19,20)21)12-7-8-22-14(9-12)17(26)28-2/h3-9H,10H2,1-2H3. The van der Waals surface area contributed by atoms with Crippen molar-refractivity contribution in [2.75, 3.05) is 14.2 Å². The average molecular weight is 392 g/mol. The Hall–Kier alpha value is -3.43. The van der Waals surface area contributed by atoms with Crippen molar-refractivity contribution in [2.45, 2.75) is 12.7 Å². The van der Waals surface area contributed by atoms with Gasteiger partial charge in [0.25, 0.3) is 0 Å². The van der Waals surface area contributed by atoms with Crippen LogP contribution >= 0.6 is 0 Å². The third-order valence-corrected chi connectivity index (χ3v) is 3.92. The molecule has 2 aromatic heterocycles. The van der Waals surface area contributed by atoms with Crippen LogP contribution in [0.4, 0.5) is 13.2 Å². The molecule has 0 unspecified atom stereocenters. The summed E-state index contributed by atoms with van der Waals surface area (Å²) in [5.41, 5.74) is -0.742. The molecule has 0 aliphatic heterocycles. The lowest BCUT2D eigenvalue weighted by atomic mass is 10.1. The van der Waals surface area contributed by atoms with Gasteiger partial charge in [0.15, 0.2) is 5.69 Å². The van der Waals surface area contributed by atoms with E-state index in [1.54, 1.807) is 24.3 Å². The van der Waals surface area contributed by atoms with E-state index in [-0.39, 0.29) is 23.5 Å². The molecule has 0 spiro atoms. The van der Waals surface area contributed by atoms with Crippen LogP contribution in [0, 0.1) is 0 Å². The first-order valence-corrected chi connectivity index (χ1v) is 8.02. The van der Waals surface area contributed by atoms with E-state index in [1.807, 2.05) is 0 Å². The van der Waals surface area contributed by atoms with Crippen molar-refractivity contribution >= 4 is 5.97 Å². The van der Waals surface area contributed by atoms with Crippen molar-refractivity contribution in [1.29, 1.82) is 0 Å². The fraction of sp³-hybridized carbons (Fsp3) is 0.222. The first-order chi connectivity index (χ1) is 13.3. The molecule has 1 aromatic carbocycles. The highest BCUT2D eigenvalue weighted by Crippen LogP contribution is 2.35. The maximum absolute atomic E-state index is 13.5. The number of benzene rings is 1. The quantitative estimate of drug-likeness (QED) is 0.621. The Balaban J connectivity index is 2.07. The largest absolute Gasteiger partial charge is 0.497 e. The zero-order valence-electron chi connectivity index (χ0n) is 14.9. The minimum atomic E-state index is -4.72. The highest BCUT2D eigenvalue weighted by molar-refractivity contribution is 5.88. The van der Waals surface area contributed by atoms with Crippen LogP contribution in [-0.2, 0) is 17.5 Å². The molecule has 0 radical (unpaired) electrons. The molecule has 3 aromatic rings. The van der Waals surface area contributed by atoms with Gasteiger partial charge in [0.1, 0.15) is 17.1 Å². The highest BCUT2D eigenvalue weighted by atomic mass is 19.4. The summed E-state index contributed by atoms with van der Waals surface area (Å²) in [4.78, 5) is 15.5. The number of pyridine rings is 1. The monoisotopic (exact) mass is 392 g/mol. The normalized spacial score (nSPS) is 11.3. The Labute approximate surface area is 157 Å². The number of aromatic nitrogens is 4. The molecular formula is C18H15F3N4O3. The summed E-state index contributed by atoms with van der Waals surface area (Å²) < 4.78 is 51.2. The molecule has 0 fully saturated rings. The van der Waals surface area contributed by atoms with Crippen molar-refractivity contribution in [3.05, 3.63) is 59.5 Å². The van der Waals surface area contributed by atoms with Crippen LogP contribution < -0.4 is 4.74 Å². The van der Waals surface area contributed by atoms with Crippen molar-refractivity contribution in [1.82, 2.24) is 20.0 Å². The summed E-state index contributed by atoms with van der Waals surface area (Å²) >= 11 is 0. The van der Waals surface area contributed by atoms with Crippen LogP contribution in [0.1, 0.15) is 21.7 Å². The SMILES string of the molecule is COC(=O)c1cc(-c2c(C(F)(F)F)nnn2Cc2ccc(OC)cc2)ccn1. The second-order valence-electron chi connectivity index (χ2n) is 5.71. The molecule has 0 atom stereocenters. The maximum Gasteiger partial charge on any atom is 0.437 e. The van der Waals surface area contributed by atoms with Crippen LogP contribution in [0.3, 0.4) is 0 Å². The zero-order chi connectivity index (χ0) is 20.3. The summed E-state index contributed by atoms with van der Waals surface area (Å²) in [6.45, 7) is 0.0400. The van der Waals surface area contributed by atoms with E-state index in [1.165, 1.54) is 25.4 Å². The highest BCUT2D eigenvalue weighted by Gasteiger charge is 2.39. The van der Waals surface area contributed by atoms with Gasteiger partial charge in [-0.25, -0.2) is 14.5 Å². The first-order valence-electron chi connectivity index (χ1n) is 8.02. The van der Waals surface area contributed by atoms with Gasteiger partial charge in [0.2, 0.25) is 0 Å². The van der Waals surface area contributed by atoms with Crippen LogP contribution in [0.25, 0.3) is 11.3 Å². The number of carbonyl (C=O) groups excluding carboxylic acids is 1. The second-order valence-corrected chi connectivity index (χ2v) is 5.71. The van der Waals surface area contributed by atoms with E-state index in [4.69, 9.17) is 4.74 Å². The Morgan fingerprint density at radius 3 is 2.46 bits per heavy atom. The van der Waals surface area contributed by atoms with Gasteiger partial charge in [-0.15, -0.1) is 5.10 Å². The molecule has 146 valence electrons. The van der Waals surface area contributed by atoms with Gasteiger partial charge in [-0.2, -0.15) is 13.2 Å². The Kier molecular flexibility index (Phi) is 5.30. The van der Waals surface area contributed by atoms with E-state index in [2.05, 4.69) is 20.0 Å². The van der Waals surface area contributed by atoms with Crippen molar-refractivity contribution in [2.24, 2.45) is 0 Å². The fourth-order valence-corrected chi connectivity index (χ4v) is 2.60. The lowest BCUT2D eigenvalue weighted by molar-refractivity contribution is -0.140. The predicted molar refractivity (Wildman–Crippen MR) is 91.7 cm³/mol. The molecule has 0 amide bonds. The van der Waals surface area contributed by atoms with Crippen LogP contribution in [-0.4, -0.2) is 40.2 Å². The molecule has 0 aliphatic rings. The first kappa shape index (κ1) is 19.3. The lowest BCUT2D eigenvalue weighted by Crippen LogP contribution is -2.11. The smallest absolute Gasteiger partial charge is 0.437 e. The second kappa shape index (κ2) is 7.67. The lowest BCUT2D eigenvalue weighted by Gasteiger charge is -2.11. The third-order valence-electron chi connectivity index (χ3n) is 3.92. The minimum Gasteiger partial charge on any atom is -0.497 e. The number of rotatable bonds is 5. The number of ether oxygens (including phenoxy) is 2. The molecule has 3 rings (SSSR count). The zero-order valence-corrected chi connectivity index (χ0v) is 14.9. The van der Waals surface area contributed by atoms with Gasteiger partial charge in [0.05, 0.1) is 20.8 Å². The van der Waals surface area contributed by atoms with Crippen molar-refractivity contribution in [3.63, 3.8) is 0 Å². The summed E-state index contributed by atoms with van der Waals surface area (Å²) in [5, 5.41) is 6.99. The molecule has 2 heterocycles.